The van der Waals surface area contributed by atoms with Crippen molar-refractivity contribution in [2.45, 2.75) is 0 Å². The third-order valence-electron chi connectivity index (χ3n) is 2.27. The largest absolute Gasteiger partial charge is 0.494 e. The average molecular weight is 266 g/mol. The number of rotatable bonds is 2. The fourth-order valence-electron chi connectivity index (χ4n) is 1.45. The summed E-state index contributed by atoms with van der Waals surface area (Å²) in [6.07, 6.45) is 0. The minimum atomic E-state index is -0.842. The SMILES string of the molecule is O=C(Nc1cc(F)ccc1F)c1cc(O)[nH]c(=O)c1. The van der Waals surface area contributed by atoms with E-state index in [1.807, 2.05) is 4.98 Å². The van der Waals surface area contributed by atoms with E-state index in [0.717, 1.165) is 30.3 Å². The Balaban J connectivity index is 2.30. The Kier molecular flexibility index (Phi) is 3.28. The van der Waals surface area contributed by atoms with Crippen molar-refractivity contribution in [2.24, 2.45) is 0 Å². The number of nitrogens with one attached hydrogen (secondary N) is 2. The van der Waals surface area contributed by atoms with Crippen LogP contribution in [-0.4, -0.2) is 16.0 Å². The Hall–Kier alpha value is -2.70. The summed E-state index contributed by atoms with van der Waals surface area (Å²) in [7, 11) is 0. The Morgan fingerprint density at radius 3 is 2.63 bits per heavy atom. The number of hydrogen-bond donors (Lipinski definition) is 3. The highest BCUT2D eigenvalue weighted by Gasteiger charge is 2.11. The molecule has 0 fully saturated rings. The smallest absolute Gasteiger partial charge is 0.256 e. The van der Waals surface area contributed by atoms with Crippen LogP contribution in [0.1, 0.15) is 10.4 Å². The van der Waals surface area contributed by atoms with Crippen molar-refractivity contribution in [1.29, 1.82) is 0 Å². The molecule has 0 saturated heterocycles. The number of benzene rings is 1. The average Bonchev–Trinajstić information content (AvgIpc) is 2.32. The van der Waals surface area contributed by atoms with Gasteiger partial charge >= 0.3 is 0 Å². The van der Waals surface area contributed by atoms with Gasteiger partial charge in [0.1, 0.15) is 11.6 Å². The first-order chi connectivity index (χ1) is 8.95. The van der Waals surface area contributed by atoms with Crippen LogP contribution in [0.5, 0.6) is 5.88 Å². The molecular weight excluding hydrogens is 258 g/mol. The van der Waals surface area contributed by atoms with E-state index in [-0.39, 0.29) is 11.3 Å². The molecule has 0 spiro atoms. The number of carbonyl (C=O) groups is 1. The monoisotopic (exact) mass is 266 g/mol. The molecule has 19 heavy (non-hydrogen) atoms. The van der Waals surface area contributed by atoms with Crippen LogP contribution in [-0.2, 0) is 0 Å². The Labute approximate surface area is 105 Å². The molecule has 1 amide bonds. The molecule has 1 aromatic heterocycles. The molecule has 0 unspecified atom stereocenters. The molecular formula is C12H8F2N2O3. The summed E-state index contributed by atoms with van der Waals surface area (Å²) >= 11 is 0. The predicted octanol–water partition coefficient (Wildman–Crippen LogP) is 1.61. The highest BCUT2D eigenvalue weighted by atomic mass is 19.1. The number of pyridine rings is 1. The van der Waals surface area contributed by atoms with Crippen molar-refractivity contribution >= 4 is 11.6 Å². The van der Waals surface area contributed by atoms with Gasteiger partial charge < -0.3 is 10.4 Å². The van der Waals surface area contributed by atoms with E-state index in [2.05, 4.69) is 5.32 Å². The lowest BCUT2D eigenvalue weighted by molar-refractivity contribution is 0.102. The number of aromatic nitrogens is 1. The fraction of sp³-hybridized carbons (Fsp3) is 0. The molecule has 0 saturated carbocycles. The van der Waals surface area contributed by atoms with Gasteiger partial charge in [-0.15, -0.1) is 0 Å². The van der Waals surface area contributed by atoms with Crippen LogP contribution in [0.4, 0.5) is 14.5 Å². The molecule has 1 heterocycles. The third-order valence-corrected chi connectivity index (χ3v) is 2.27. The number of carbonyl (C=O) groups excluding carboxylic acids is 1. The quantitative estimate of drug-likeness (QED) is 0.772. The van der Waals surface area contributed by atoms with Crippen molar-refractivity contribution in [3.8, 4) is 5.88 Å². The normalized spacial score (nSPS) is 10.2. The zero-order valence-electron chi connectivity index (χ0n) is 9.41. The van der Waals surface area contributed by atoms with Gasteiger partial charge in [0.05, 0.1) is 11.3 Å². The summed E-state index contributed by atoms with van der Waals surface area (Å²) in [5, 5.41) is 11.2. The molecule has 0 aliphatic rings. The molecule has 0 bridgehead atoms. The lowest BCUT2D eigenvalue weighted by Gasteiger charge is -2.06. The van der Waals surface area contributed by atoms with Crippen LogP contribution in [0.3, 0.4) is 0 Å². The number of anilines is 1. The topological polar surface area (TPSA) is 82.2 Å². The van der Waals surface area contributed by atoms with Crippen molar-refractivity contribution in [1.82, 2.24) is 4.98 Å². The second kappa shape index (κ2) is 4.89. The summed E-state index contributed by atoms with van der Waals surface area (Å²) in [4.78, 5) is 24.8. The highest BCUT2D eigenvalue weighted by molar-refractivity contribution is 6.04. The first-order valence-corrected chi connectivity index (χ1v) is 5.15. The summed E-state index contributed by atoms with van der Waals surface area (Å²) in [5.41, 5.74) is -1.22. The van der Waals surface area contributed by atoms with Crippen LogP contribution >= 0.6 is 0 Å². The molecule has 0 aliphatic carbocycles. The maximum absolute atomic E-state index is 13.3. The predicted molar refractivity (Wildman–Crippen MR) is 63.0 cm³/mol. The van der Waals surface area contributed by atoms with Crippen LogP contribution in [0, 0.1) is 11.6 Å². The lowest BCUT2D eigenvalue weighted by atomic mass is 10.2. The Bertz CT molecular complexity index is 698. The van der Waals surface area contributed by atoms with Gasteiger partial charge in [0.15, 0.2) is 5.88 Å². The summed E-state index contributed by atoms with van der Waals surface area (Å²) in [5.74, 6) is -2.88. The van der Waals surface area contributed by atoms with Crippen LogP contribution in [0.2, 0.25) is 0 Å². The maximum Gasteiger partial charge on any atom is 0.256 e. The van der Waals surface area contributed by atoms with Crippen LogP contribution in [0.15, 0.2) is 35.1 Å². The van der Waals surface area contributed by atoms with Gasteiger partial charge in [0.25, 0.3) is 11.5 Å². The van der Waals surface area contributed by atoms with Crippen LogP contribution in [0.25, 0.3) is 0 Å². The zero-order valence-corrected chi connectivity index (χ0v) is 9.41. The first-order valence-electron chi connectivity index (χ1n) is 5.15. The number of amides is 1. The standard InChI is InChI=1S/C12H8F2N2O3/c13-7-1-2-8(14)9(5-7)15-12(19)6-3-10(17)16-11(18)4-6/h1-5H,(H,15,19)(H2,16,17,18). The van der Waals surface area contributed by atoms with E-state index in [1.165, 1.54) is 0 Å². The van der Waals surface area contributed by atoms with Crippen molar-refractivity contribution in [3.05, 3.63) is 57.9 Å². The minimum absolute atomic E-state index is 0.176. The van der Waals surface area contributed by atoms with E-state index in [0.29, 0.717) is 0 Å². The number of aromatic amines is 1. The number of aromatic hydroxyl groups is 1. The van der Waals surface area contributed by atoms with E-state index < -0.39 is 29.0 Å². The summed E-state index contributed by atoms with van der Waals surface area (Å²) in [6, 6.07) is 4.49. The second-order valence-electron chi connectivity index (χ2n) is 3.70. The van der Waals surface area contributed by atoms with Crippen molar-refractivity contribution < 1.29 is 18.7 Å². The molecule has 2 aromatic rings. The summed E-state index contributed by atoms with van der Waals surface area (Å²) in [6.45, 7) is 0. The van der Waals surface area contributed by atoms with E-state index >= 15 is 0 Å². The molecule has 0 aliphatic heterocycles. The fourth-order valence-corrected chi connectivity index (χ4v) is 1.45. The first kappa shape index (κ1) is 12.7. The third kappa shape index (κ3) is 2.95. The molecule has 1 aromatic carbocycles. The molecule has 0 radical (unpaired) electrons. The van der Waals surface area contributed by atoms with Crippen LogP contribution < -0.4 is 10.9 Å². The van der Waals surface area contributed by atoms with Crippen molar-refractivity contribution in [3.63, 3.8) is 0 Å². The molecule has 3 N–H and O–H groups in total. The van der Waals surface area contributed by atoms with Gasteiger partial charge in [0, 0.05) is 18.2 Å². The molecule has 0 atom stereocenters. The maximum atomic E-state index is 13.3. The second-order valence-corrected chi connectivity index (χ2v) is 3.70. The molecule has 2 rings (SSSR count). The van der Waals surface area contributed by atoms with Gasteiger partial charge in [-0.2, -0.15) is 0 Å². The van der Waals surface area contributed by atoms with E-state index in [9.17, 15) is 18.4 Å². The molecule has 5 nitrogen and oxygen atoms in total. The highest BCUT2D eigenvalue weighted by Crippen LogP contribution is 2.16. The summed E-state index contributed by atoms with van der Waals surface area (Å²) < 4.78 is 26.2. The minimum Gasteiger partial charge on any atom is -0.494 e. The molecule has 7 heteroatoms. The van der Waals surface area contributed by atoms with Gasteiger partial charge in [-0.25, -0.2) is 8.78 Å². The van der Waals surface area contributed by atoms with Crippen molar-refractivity contribution in [2.75, 3.05) is 5.32 Å². The van der Waals surface area contributed by atoms with E-state index in [1.54, 1.807) is 0 Å². The van der Waals surface area contributed by atoms with E-state index in [4.69, 9.17) is 5.11 Å². The van der Waals surface area contributed by atoms with Gasteiger partial charge in [-0.05, 0) is 12.1 Å². The molecule has 98 valence electrons. The number of halogens is 2. The number of H-pyrrole nitrogens is 1. The zero-order chi connectivity index (χ0) is 14.0. The van der Waals surface area contributed by atoms with Gasteiger partial charge in [-0.1, -0.05) is 0 Å². The number of hydrogen-bond acceptors (Lipinski definition) is 3. The Morgan fingerprint density at radius 2 is 1.95 bits per heavy atom. The lowest BCUT2D eigenvalue weighted by Crippen LogP contribution is -2.16. The van der Waals surface area contributed by atoms with Gasteiger partial charge in [-0.3, -0.25) is 14.6 Å². The van der Waals surface area contributed by atoms with Gasteiger partial charge in [0.2, 0.25) is 0 Å². The Morgan fingerprint density at radius 1 is 1.21 bits per heavy atom.